The number of benzene rings is 1. The molecule has 1 aromatic carbocycles. The summed E-state index contributed by atoms with van der Waals surface area (Å²) in [5, 5.41) is 0. The van der Waals surface area contributed by atoms with E-state index in [4.69, 9.17) is 10.5 Å². The Labute approximate surface area is 114 Å². The summed E-state index contributed by atoms with van der Waals surface area (Å²) in [6.07, 6.45) is 1.79. The van der Waals surface area contributed by atoms with Crippen LogP contribution in [0.1, 0.15) is 27.7 Å². The highest BCUT2D eigenvalue weighted by molar-refractivity contribution is 5.71. The predicted octanol–water partition coefficient (Wildman–Crippen LogP) is 3.29. The first-order valence-corrected chi connectivity index (χ1v) is 6.50. The van der Waals surface area contributed by atoms with Crippen LogP contribution >= 0.6 is 0 Å². The third kappa shape index (κ3) is 2.72. The number of nitrogens with zero attached hydrogens (tertiary/aromatic N) is 2. The van der Waals surface area contributed by atoms with Crippen LogP contribution in [-0.4, -0.2) is 16.2 Å². The van der Waals surface area contributed by atoms with Crippen molar-refractivity contribution >= 4 is 5.82 Å². The second-order valence-corrected chi connectivity index (χ2v) is 5.48. The number of nitrogen functional groups attached to an aromatic ring is 1. The molecule has 0 bridgehead atoms. The second kappa shape index (κ2) is 4.96. The van der Waals surface area contributed by atoms with Gasteiger partial charge in [0.15, 0.2) is 0 Å². The third-order valence-electron chi connectivity index (χ3n) is 2.95. The number of hydrogen-bond acceptors (Lipinski definition) is 3. The van der Waals surface area contributed by atoms with Gasteiger partial charge in [0.1, 0.15) is 17.3 Å². The molecule has 0 aliphatic carbocycles. The van der Waals surface area contributed by atoms with Gasteiger partial charge in [-0.15, -0.1) is 0 Å². The number of anilines is 1. The van der Waals surface area contributed by atoms with E-state index in [2.05, 4.69) is 25.8 Å². The van der Waals surface area contributed by atoms with Crippen molar-refractivity contribution in [1.29, 1.82) is 0 Å². The van der Waals surface area contributed by atoms with E-state index in [1.54, 1.807) is 6.33 Å². The summed E-state index contributed by atoms with van der Waals surface area (Å²) >= 11 is 0. The molecule has 0 aliphatic heterocycles. The molecule has 4 heteroatoms. The number of ether oxygens (including phenoxy) is 1. The van der Waals surface area contributed by atoms with Gasteiger partial charge in [-0.1, -0.05) is 12.1 Å². The lowest BCUT2D eigenvalue weighted by Crippen LogP contribution is -2.22. The summed E-state index contributed by atoms with van der Waals surface area (Å²) in [5.74, 6) is 1.52. The Morgan fingerprint density at radius 2 is 2.05 bits per heavy atom. The molecular formula is C15H21N3O. The fourth-order valence-corrected chi connectivity index (χ4v) is 2.01. The van der Waals surface area contributed by atoms with E-state index >= 15 is 0 Å². The molecule has 1 heterocycles. The SMILES string of the molecule is CCOc1cccc(-c2ncn(C(C)(C)C)c2N)c1. The molecule has 4 nitrogen and oxygen atoms in total. The van der Waals surface area contributed by atoms with E-state index in [9.17, 15) is 0 Å². The second-order valence-electron chi connectivity index (χ2n) is 5.48. The Bertz CT molecular complexity index is 567. The minimum atomic E-state index is -0.0765. The van der Waals surface area contributed by atoms with E-state index in [0.717, 1.165) is 17.0 Å². The molecular weight excluding hydrogens is 238 g/mol. The summed E-state index contributed by atoms with van der Waals surface area (Å²) in [7, 11) is 0. The van der Waals surface area contributed by atoms with Crippen LogP contribution in [-0.2, 0) is 5.54 Å². The van der Waals surface area contributed by atoms with Gasteiger partial charge in [0.25, 0.3) is 0 Å². The summed E-state index contributed by atoms with van der Waals surface area (Å²) < 4.78 is 7.49. The molecule has 1 aromatic heterocycles. The van der Waals surface area contributed by atoms with Crippen molar-refractivity contribution in [3.8, 4) is 17.0 Å². The molecule has 2 rings (SSSR count). The maximum absolute atomic E-state index is 6.21. The average molecular weight is 259 g/mol. The van der Waals surface area contributed by atoms with Crippen LogP contribution in [0.5, 0.6) is 5.75 Å². The van der Waals surface area contributed by atoms with Crippen LogP contribution in [0, 0.1) is 0 Å². The van der Waals surface area contributed by atoms with Crippen LogP contribution < -0.4 is 10.5 Å². The Morgan fingerprint density at radius 1 is 1.32 bits per heavy atom. The first-order valence-electron chi connectivity index (χ1n) is 6.50. The molecule has 0 aliphatic rings. The molecule has 0 atom stereocenters. The van der Waals surface area contributed by atoms with Gasteiger partial charge in [0.05, 0.1) is 12.9 Å². The molecule has 0 saturated heterocycles. The molecule has 0 saturated carbocycles. The smallest absolute Gasteiger partial charge is 0.132 e. The predicted molar refractivity (Wildman–Crippen MR) is 78.2 cm³/mol. The van der Waals surface area contributed by atoms with Crippen molar-refractivity contribution in [3.05, 3.63) is 30.6 Å². The van der Waals surface area contributed by atoms with E-state index in [1.165, 1.54) is 0 Å². The Balaban J connectivity index is 2.43. The van der Waals surface area contributed by atoms with Gasteiger partial charge in [-0.3, -0.25) is 0 Å². The van der Waals surface area contributed by atoms with Crippen LogP contribution in [0.15, 0.2) is 30.6 Å². The largest absolute Gasteiger partial charge is 0.494 e. The number of imidazole rings is 1. The van der Waals surface area contributed by atoms with E-state index in [0.29, 0.717) is 12.4 Å². The number of rotatable bonds is 3. The van der Waals surface area contributed by atoms with Gasteiger partial charge in [0, 0.05) is 11.1 Å². The minimum absolute atomic E-state index is 0.0765. The average Bonchev–Trinajstić information content (AvgIpc) is 2.71. The van der Waals surface area contributed by atoms with Gasteiger partial charge in [-0.2, -0.15) is 0 Å². The van der Waals surface area contributed by atoms with Gasteiger partial charge < -0.3 is 15.0 Å². The Kier molecular flexibility index (Phi) is 3.51. The molecule has 19 heavy (non-hydrogen) atoms. The van der Waals surface area contributed by atoms with E-state index < -0.39 is 0 Å². The zero-order valence-electron chi connectivity index (χ0n) is 12.0. The Morgan fingerprint density at radius 3 is 2.63 bits per heavy atom. The number of nitrogens with two attached hydrogens (primary N) is 1. The maximum atomic E-state index is 6.21. The van der Waals surface area contributed by atoms with Gasteiger partial charge in [-0.05, 0) is 39.8 Å². The maximum Gasteiger partial charge on any atom is 0.132 e. The lowest BCUT2D eigenvalue weighted by Gasteiger charge is -2.22. The molecule has 0 radical (unpaired) electrons. The fraction of sp³-hybridized carbons (Fsp3) is 0.400. The molecule has 2 aromatic rings. The topological polar surface area (TPSA) is 53.1 Å². The van der Waals surface area contributed by atoms with Crippen LogP contribution in [0.25, 0.3) is 11.3 Å². The van der Waals surface area contributed by atoms with Gasteiger partial charge in [0.2, 0.25) is 0 Å². The monoisotopic (exact) mass is 259 g/mol. The fourth-order valence-electron chi connectivity index (χ4n) is 2.01. The first kappa shape index (κ1) is 13.5. The van der Waals surface area contributed by atoms with Crippen LogP contribution in [0.3, 0.4) is 0 Å². The zero-order valence-corrected chi connectivity index (χ0v) is 12.0. The van der Waals surface area contributed by atoms with Crippen LogP contribution in [0.4, 0.5) is 5.82 Å². The van der Waals surface area contributed by atoms with Crippen molar-refractivity contribution in [3.63, 3.8) is 0 Å². The van der Waals surface area contributed by atoms with Crippen molar-refractivity contribution in [2.45, 2.75) is 33.2 Å². The third-order valence-corrected chi connectivity index (χ3v) is 2.95. The molecule has 0 unspecified atom stereocenters. The first-order chi connectivity index (χ1) is 8.93. The van der Waals surface area contributed by atoms with Gasteiger partial charge >= 0.3 is 0 Å². The number of hydrogen-bond donors (Lipinski definition) is 1. The van der Waals surface area contributed by atoms with Crippen molar-refractivity contribution < 1.29 is 4.74 Å². The molecule has 102 valence electrons. The normalized spacial score (nSPS) is 11.6. The standard InChI is InChI=1S/C15H21N3O/c1-5-19-12-8-6-7-11(9-12)13-14(16)18(10-17-13)15(2,3)4/h6-10H,5,16H2,1-4H3. The highest BCUT2D eigenvalue weighted by Gasteiger charge is 2.19. The highest BCUT2D eigenvalue weighted by atomic mass is 16.5. The van der Waals surface area contributed by atoms with E-state index in [1.807, 2.05) is 35.8 Å². The summed E-state index contributed by atoms with van der Waals surface area (Å²) in [6, 6.07) is 7.85. The molecule has 0 fully saturated rings. The lowest BCUT2D eigenvalue weighted by molar-refractivity contribution is 0.340. The van der Waals surface area contributed by atoms with Crippen molar-refractivity contribution in [2.24, 2.45) is 0 Å². The quantitative estimate of drug-likeness (QED) is 0.920. The van der Waals surface area contributed by atoms with Crippen LogP contribution in [0.2, 0.25) is 0 Å². The lowest BCUT2D eigenvalue weighted by atomic mass is 10.1. The minimum Gasteiger partial charge on any atom is -0.494 e. The zero-order chi connectivity index (χ0) is 14.0. The molecule has 2 N–H and O–H groups in total. The van der Waals surface area contributed by atoms with Crippen molar-refractivity contribution in [1.82, 2.24) is 9.55 Å². The summed E-state index contributed by atoms with van der Waals surface area (Å²) in [5.41, 5.74) is 7.91. The Hall–Kier alpha value is -1.97. The molecule has 0 amide bonds. The number of aromatic nitrogens is 2. The van der Waals surface area contributed by atoms with Crippen molar-refractivity contribution in [2.75, 3.05) is 12.3 Å². The molecule has 0 spiro atoms. The highest BCUT2D eigenvalue weighted by Crippen LogP contribution is 2.30. The van der Waals surface area contributed by atoms with Gasteiger partial charge in [-0.25, -0.2) is 4.98 Å². The van der Waals surface area contributed by atoms with E-state index in [-0.39, 0.29) is 5.54 Å². The summed E-state index contributed by atoms with van der Waals surface area (Å²) in [4.78, 5) is 4.44. The summed E-state index contributed by atoms with van der Waals surface area (Å²) in [6.45, 7) is 8.92.